The van der Waals surface area contributed by atoms with Crippen LogP contribution in [0.3, 0.4) is 0 Å². The number of pyridine rings is 1. The molecule has 0 aliphatic heterocycles. The van der Waals surface area contributed by atoms with Gasteiger partial charge < -0.3 is 15.4 Å². The van der Waals surface area contributed by atoms with Crippen LogP contribution < -0.4 is 10.9 Å². The second kappa shape index (κ2) is 6.30. The van der Waals surface area contributed by atoms with E-state index in [1.807, 2.05) is 0 Å². The number of amides is 1. The fourth-order valence-electron chi connectivity index (χ4n) is 1.76. The maximum absolute atomic E-state index is 12.0. The van der Waals surface area contributed by atoms with Gasteiger partial charge in [0.15, 0.2) is 6.10 Å². The van der Waals surface area contributed by atoms with E-state index in [9.17, 15) is 14.7 Å². The molecule has 0 aliphatic rings. The Bertz CT molecular complexity index is 723. The van der Waals surface area contributed by atoms with Gasteiger partial charge in [0.1, 0.15) is 0 Å². The number of carbonyl (C=O) groups excluding carboxylic acids is 1. The number of rotatable bonds is 3. The second-order valence-electron chi connectivity index (χ2n) is 4.50. The van der Waals surface area contributed by atoms with Crippen LogP contribution in [0, 0.1) is 6.92 Å². The summed E-state index contributed by atoms with van der Waals surface area (Å²) < 4.78 is 0. The molecular formula is C14H12Cl2N2O3. The molecule has 110 valence electrons. The summed E-state index contributed by atoms with van der Waals surface area (Å²) in [6.45, 7) is 1.61. The summed E-state index contributed by atoms with van der Waals surface area (Å²) in [5.41, 5.74) is 0.874. The van der Waals surface area contributed by atoms with Gasteiger partial charge in [-0.15, -0.1) is 0 Å². The number of carbonyl (C=O) groups is 1. The smallest absolute Gasteiger partial charge is 0.257 e. The molecule has 0 saturated heterocycles. The SMILES string of the molecule is Cc1cc(NC(=O)C(O)c2cc(Cl)cc(Cl)c2)c[nH]c1=O. The summed E-state index contributed by atoms with van der Waals surface area (Å²) in [6, 6.07) is 5.92. The molecule has 2 aromatic rings. The quantitative estimate of drug-likeness (QED) is 0.810. The Morgan fingerprint density at radius 1 is 1.24 bits per heavy atom. The first-order valence-electron chi connectivity index (χ1n) is 6.01. The number of benzene rings is 1. The van der Waals surface area contributed by atoms with Crippen LogP contribution >= 0.6 is 23.2 Å². The van der Waals surface area contributed by atoms with Gasteiger partial charge in [0.25, 0.3) is 11.5 Å². The Labute approximate surface area is 130 Å². The number of hydrogen-bond acceptors (Lipinski definition) is 3. The van der Waals surface area contributed by atoms with Crippen molar-refractivity contribution in [2.75, 3.05) is 5.32 Å². The largest absolute Gasteiger partial charge is 0.378 e. The van der Waals surface area contributed by atoms with Gasteiger partial charge in [0.05, 0.1) is 5.69 Å². The Balaban J connectivity index is 2.19. The second-order valence-corrected chi connectivity index (χ2v) is 5.37. The monoisotopic (exact) mass is 326 g/mol. The van der Waals surface area contributed by atoms with Gasteiger partial charge in [-0.1, -0.05) is 23.2 Å². The van der Waals surface area contributed by atoms with Crippen LogP contribution in [0.4, 0.5) is 5.69 Å². The van der Waals surface area contributed by atoms with E-state index in [1.54, 1.807) is 6.92 Å². The minimum absolute atomic E-state index is 0.241. The third-order valence-electron chi connectivity index (χ3n) is 2.81. The molecule has 1 aromatic carbocycles. The van der Waals surface area contributed by atoms with Crippen molar-refractivity contribution in [3.63, 3.8) is 0 Å². The summed E-state index contributed by atoms with van der Waals surface area (Å²) in [5, 5.41) is 13.2. The van der Waals surface area contributed by atoms with E-state index in [0.29, 0.717) is 21.3 Å². The molecule has 1 aromatic heterocycles. The third-order valence-corrected chi connectivity index (χ3v) is 3.24. The van der Waals surface area contributed by atoms with E-state index < -0.39 is 12.0 Å². The highest BCUT2D eigenvalue weighted by atomic mass is 35.5. The van der Waals surface area contributed by atoms with Crippen LogP contribution in [0.1, 0.15) is 17.2 Å². The van der Waals surface area contributed by atoms with Crippen molar-refractivity contribution in [1.29, 1.82) is 0 Å². The maximum atomic E-state index is 12.0. The van der Waals surface area contributed by atoms with Crippen LogP contribution in [-0.4, -0.2) is 16.0 Å². The molecule has 3 N–H and O–H groups in total. The molecule has 1 amide bonds. The van der Waals surface area contributed by atoms with Gasteiger partial charge in [-0.25, -0.2) is 0 Å². The van der Waals surface area contributed by atoms with E-state index >= 15 is 0 Å². The van der Waals surface area contributed by atoms with E-state index in [4.69, 9.17) is 23.2 Å². The van der Waals surface area contributed by atoms with Crippen LogP contribution in [0.15, 0.2) is 35.3 Å². The number of aryl methyl sites for hydroxylation is 1. The summed E-state index contributed by atoms with van der Waals surface area (Å²) in [6.07, 6.45) is -0.0707. The van der Waals surface area contributed by atoms with Crippen molar-refractivity contribution >= 4 is 34.8 Å². The number of aromatic nitrogens is 1. The molecule has 1 atom stereocenters. The highest BCUT2D eigenvalue weighted by Crippen LogP contribution is 2.24. The standard InChI is InChI=1S/C14H12Cl2N2O3/c1-7-2-11(6-17-13(7)20)18-14(21)12(19)8-3-9(15)5-10(16)4-8/h2-6,12,19H,1H3,(H,17,20)(H,18,21). The first-order valence-corrected chi connectivity index (χ1v) is 6.76. The lowest BCUT2D eigenvalue weighted by Gasteiger charge is -2.12. The number of aliphatic hydroxyl groups is 1. The normalized spacial score (nSPS) is 12.0. The van der Waals surface area contributed by atoms with Crippen molar-refractivity contribution in [2.24, 2.45) is 0 Å². The number of H-pyrrole nitrogens is 1. The fraction of sp³-hybridized carbons (Fsp3) is 0.143. The van der Waals surface area contributed by atoms with Crippen molar-refractivity contribution < 1.29 is 9.90 Å². The summed E-state index contributed by atoms with van der Waals surface area (Å²) in [5.74, 6) is -0.653. The molecule has 1 heterocycles. The summed E-state index contributed by atoms with van der Waals surface area (Å²) in [7, 11) is 0. The zero-order chi connectivity index (χ0) is 15.6. The first kappa shape index (κ1) is 15.6. The van der Waals surface area contributed by atoms with Crippen LogP contribution in [0.25, 0.3) is 0 Å². The molecule has 1 unspecified atom stereocenters. The molecule has 5 nitrogen and oxygen atoms in total. The minimum Gasteiger partial charge on any atom is -0.378 e. The Hall–Kier alpha value is -1.82. The zero-order valence-electron chi connectivity index (χ0n) is 11.0. The molecule has 0 fully saturated rings. The first-order chi connectivity index (χ1) is 9.86. The molecule has 0 saturated carbocycles. The number of nitrogens with one attached hydrogen (secondary N) is 2. The Morgan fingerprint density at radius 3 is 2.43 bits per heavy atom. The zero-order valence-corrected chi connectivity index (χ0v) is 12.5. The van der Waals surface area contributed by atoms with E-state index in [2.05, 4.69) is 10.3 Å². The van der Waals surface area contributed by atoms with Crippen molar-refractivity contribution in [3.05, 3.63) is 62.0 Å². The number of halogens is 2. The van der Waals surface area contributed by atoms with Crippen molar-refractivity contribution in [1.82, 2.24) is 4.98 Å². The molecular weight excluding hydrogens is 315 g/mol. The third kappa shape index (κ3) is 3.85. The number of aromatic amines is 1. The van der Waals surface area contributed by atoms with Crippen LogP contribution in [0.2, 0.25) is 10.0 Å². The Kier molecular flexibility index (Phi) is 4.67. The fourth-order valence-corrected chi connectivity index (χ4v) is 2.31. The average molecular weight is 327 g/mol. The highest BCUT2D eigenvalue weighted by molar-refractivity contribution is 6.34. The van der Waals surface area contributed by atoms with Gasteiger partial charge in [-0.2, -0.15) is 0 Å². The highest BCUT2D eigenvalue weighted by Gasteiger charge is 2.18. The van der Waals surface area contributed by atoms with Gasteiger partial charge in [0, 0.05) is 21.8 Å². The number of aliphatic hydroxyl groups excluding tert-OH is 1. The van der Waals surface area contributed by atoms with Crippen LogP contribution in [0.5, 0.6) is 0 Å². The lowest BCUT2D eigenvalue weighted by atomic mass is 10.1. The van der Waals surface area contributed by atoms with E-state index in [-0.39, 0.29) is 11.1 Å². The van der Waals surface area contributed by atoms with Crippen LogP contribution in [-0.2, 0) is 4.79 Å². The van der Waals surface area contributed by atoms with Gasteiger partial charge in [-0.05, 0) is 36.8 Å². The minimum atomic E-state index is -1.42. The number of anilines is 1. The maximum Gasteiger partial charge on any atom is 0.257 e. The lowest BCUT2D eigenvalue weighted by Crippen LogP contribution is -2.22. The molecule has 21 heavy (non-hydrogen) atoms. The van der Waals surface area contributed by atoms with E-state index in [0.717, 1.165) is 0 Å². The predicted molar refractivity (Wildman–Crippen MR) is 81.9 cm³/mol. The van der Waals surface area contributed by atoms with Gasteiger partial charge in [0.2, 0.25) is 0 Å². The van der Waals surface area contributed by atoms with Crippen molar-refractivity contribution in [3.8, 4) is 0 Å². The molecule has 0 aliphatic carbocycles. The lowest BCUT2D eigenvalue weighted by molar-refractivity contribution is -0.124. The van der Waals surface area contributed by atoms with E-state index in [1.165, 1.54) is 30.5 Å². The summed E-state index contributed by atoms with van der Waals surface area (Å²) >= 11 is 11.7. The molecule has 0 radical (unpaired) electrons. The van der Waals surface area contributed by atoms with Crippen molar-refractivity contribution in [2.45, 2.75) is 13.0 Å². The molecule has 7 heteroatoms. The predicted octanol–water partition coefficient (Wildman–Crippen LogP) is 2.66. The molecule has 0 bridgehead atoms. The number of hydrogen-bond donors (Lipinski definition) is 3. The Morgan fingerprint density at radius 2 is 1.86 bits per heavy atom. The molecule has 0 spiro atoms. The molecule has 2 rings (SSSR count). The van der Waals surface area contributed by atoms with Gasteiger partial charge in [-0.3, -0.25) is 9.59 Å². The van der Waals surface area contributed by atoms with Gasteiger partial charge >= 0.3 is 0 Å². The topological polar surface area (TPSA) is 82.2 Å². The summed E-state index contributed by atoms with van der Waals surface area (Å²) in [4.78, 5) is 25.7. The average Bonchev–Trinajstić information content (AvgIpc) is 2.41.